The maximum Gasteiger partial charge on any atom is 0.326 e. The maximum atomic E-state index is 13.3. The van der Waals surface area contributed by atoms with E-state index in [1.807, 2.05) is 12.1 Å². The lowest BCUT2D eigenvalue weighted by molar-refractivity contribution is 0.262. The highest BCUT2D eigenvalue weighted by atomic mass is 32.1. The fourth-order valence-corrected chi connectivity index (χ4v) is 3.18. The first-order chi connectivity index (χ1) is 14.6. The Morgan fingerprint density at radius 2 is 1.73 bits per heavy atom. The van der Waals surface area contributed by atoms with E-state index < -0.39 is 17.7 Å². The van der Waals surface area contributed by atoms with Crippen LogP contribution in [-0.2, 0) is 0 Å². The molecule has 0 fully saturated rings. The topological polar surface area (TPSA) is 89.0 Å². The highest BCUT2D eigenvalue weighted by Gasteiger charge is 2.10. The predicted molar refractivity (Wildman–Crippen MR) is 109 cm³/mol. The monoisotopic (exact) mass is 425 g/mol. The van der Waals surface area contributed by atoms with Gasteiger partial charge in [0.15, 0.2) is 11.6 Å². The largest absolute Gasteiger partial charge is 0.439 e. The van der Waals surface area contributed by atoms with Crippen molar-refractivity contribution < 1.29 is 18.3 Å². The summed E-state index contributed by atoms with van der Waals surface area (Å²) in [5.74, 6) is -1.23. The summed E-state index contributed by atoms with van der Waals surface area (Å²) >= 11 is 1.38. The van der Waals surface area contributed by atoms with Gasteiger partial charge in [0.1, 0.15) is 22.4 Å². The Morgan fingerprint density at radius 1 is 0.933 bits per heavy atom. The highest BCUT2D eigenvalue weighted by molar-refractivity contribution is 7.13. The fourth-order valence-electron chi connectivity index (χ4n) is 2.42. The van der Waals surface area contributed by atoms with Crippen molar-refractivity contribution in [3.05, 3.63) is 77.9 Å². The van der Waals surface area contributed by atoms with Gasteiger partial charge in [-0.2, -0.15) is 4.98 Å². The van der Waals surface area contributed by atoms with Gasteiger partial charge in [-0.1, -0.05) is 6.07 Å². The third kappa shape index (κ3) is 4.73. The molecule has 3 heterocycles. The molecule has 0 atom stereocenters. The van der Waals surface area contributed by atoms with Gasteiger partial charge in [-0.05, 0) is 30.3 Å². The Kier molecular flexibility index (Phi) is 5.57. The van der Waals surface area contributed by atoms with Crippen molar-refractivity contribution in [3.63, 3.8) is 0 Å². The van der Waals surface area contributed by atoms with Crippen molar-refractivity contribution in [2.75, 3.05) is 10.6 Å². The summed E-state index contributed by atoms with van der Waals surface area (Å²) in [6, 6.07) is 10.9. The van der Waals surface area contributed by atoms with Gasteiger partial charge in [0.05, 0.1) is 0 Å². The quantitative estimate of drug-likeness (QED) is 0.452. The summed E-state index contributed by atoms with van der Waals surface area (Å²) in [7, 11) is 0. The molecular weight excluding hydrogens is 412 g/mol. The lowest BCUT2D eigenvalue weighted by atomic mass is 10.3. The van der Waals surface area contributed by atoms with Gasteiger partial charge in [-0.3, -0.25) is 15.6 Å². The highest BCUT2D eigenvalue weighted by Crippen LogP contribution is 2.26. The first kappa shape index (κ1) is 19.4. The average Bonchev–Trinajstić information content (AvgIpc) is 3.20. The number of halogens is 2. The molecular formula is C20H13F2N5O2S. The molecule has 0 saturated heterocycles. The molecule has 150 valence electrons. The van der Waals surface area contributed by atoms with E-state index in [0.29, 0.717) is 5.82 Å². The number of nitrogens with one attached hydrogen (secondary N) is 2. The normalized spacial score (nSPS) is 10.5. The standard InChI is InChI=1S/C20H13F2N5O2S/c21-14-5-4-13(10-15(14)22)29-18-3-1-2-16(24-18)26-20(28)27-17-11-30-19(25-17)12-6-8-23-9-7-12/h1-11H,(H2,24,26,27,28). The van der Waals surface area contributed by atoms with E-state index in [-0.39, 0.29) is 17.4 Å². The molecule has 4 aromatic rings. The molecule has 2 N–H and O–H groups in total. The smallest absolute Gasteiger partial charge is 0.326 e. The second-order valence-corrected chi connectivity index (χ2v) is 6.75. The Morgan fingerprint density at radius 3 is 2.53 bits per heavy atom. The van der Waals surface area contributed by atoms with Gasteiger partial charge < -0.3 is 4.74 Å². The van der Waals surface area contributed by atoms with E-state index >= 15 is 0 Å². The number of amides is 2. The number of hydrogen-bond donors (Lipinski definition) is 2. The zero-order chi connectivity index (χ0) is 20.9. The van der Waals surface area contributed by atoms with E-state index in [1.165, 1.54) is 23.5 Å². The molecule has 0 aliphatic heterocycles. The third-order valence-corrected chi connectivity index (χ3v) is 4.64. The minimum absolute atomic E-state index is 0.0779. The van der Waals surface area contributed by atoms with Crippen LogP contribution in [0, 0.1) is 11.6 Å². The molecule has 0 radical (unpaired) electrons. The lowest BCUT2D eigenvalue weighted by Crippen LogP contribution is -2.20. The summed E-state index contributed by atoms with van der Waals surface area (Å²) in [6.45, 7) is 0. The molecule has 2 amide bonds. The number of nitrogens with zero attached hydrogens (tertiary/aromatic N) is 3. The SMILES string of the molecule is O=C(Nc1cccc(Oc2ccc(F)c(F)c2)n1)Nc1csc(-c2ccncc2)n1. The number of carbonyl (C=O) groups excluding carboxylic acids is 1. The molecule has 0 aliphatic rings. The number of anilines is 2. The molecule has 3 aromatic heterocycles. The van der Waals surface area contributed by atoms with Crippen molar-refractivity contribution in [1.29, 1.82) is 0 Å². The van der Waals surface area contributed by atoms with Crippen LogP contribution in [0.3, 0.4) is 0 Å². The molecule has 0 bridgehead atoms. The number of hydrogen-bond acceptors (Lipinski definition) is 6. The first-order valence-electron chi connectivity index (χ1n) is 8.61. The first-order valence-corrected chi connectivity index (χ1v) is 9.49. The molecule has 10 heteroatoms. The maximum absolute atomic E-state index is 13.3. The van der Waals surface area contributed by atoms with Crippen LogP contribution in [0.1, 0.15) is 0 Å². The Hall–Kier alpha value is -3.92. The summed E-state index contributed by atoms with van der Waals surface area (Å²) < 4.78 is 31.7. The zero-order valence-electron chi connectivity index (χ0n) is 15.2. The summed E-state index contributed by atoms with van der Waals surface area (Å²) in [6.07, 6.45) is 3.33. The number of urea groups is 1. The molecule has 1 aromatic carbocycles. The third-order valence-electron chi connectivity index (χ3n) is 3.75. The van der Waals surface area contributed by atoms with E-state index in [9.17, 15) is 13.6 Å². The minimum atomic E-state index is -1.03. The van der Waals surface area contributed by atoms with Crippen LogP contribution in [0.5, 0.6) is 11.6 Å². The van der Waals surface area contributed by atoms with Crippen molar-refractivity contribution in [1.82, 2.24) is 15.0 Å². The lowest BCUT2D eigenvalue weighted by Gasteiger charge is -2.08. The summed E-state index contributed by atoms with van der Waals surface area (Å²) in [4.78, 5) is 24.7. The Labute approximate surface area is 173 Å². The predicted octanol–water partition coefficient (Wildman–Crippen LogP) is 5.31. The van der Waals surface area contributed by atoms with Crippen LogP contribution in [0.25, 0.3) is 10.6 Å². The van der Waals surface area contributed by atoms with E-state index in [0.717, 1.165) is 22.7 Å². The van der Waals surface area contributed by atoms with Crippen LogP contribution in [0.4, 0.5) is 25.2 Å². The van der Waals surface area contributed by atoms with Crippen LogP contribution in [0.15, 0.2) is 66.3 Å². The second-order valence-electron chi connectivity index (χ2n) is 5.89. The molecule has 4 rings (SSSR count). The molecule has 0 aliphatic carbocycles. The van der Waals surface area contributed by atoms with Crippen molar-refractivity contribution in [2.45, 2.75) is 0 Å². The average molecular weight is 425 g/mol. The van der Waals surface area contributed by atoms with E-state index in [4.69, 9.17) is 4.74 Å². The zero-order valence-corrected chi connectivity index (χ0v) is 16.0. The number of aromatic nitrogens is 3. The molecule has 30 heavy (non-hydrogen) atoms. The summed E-state index contributed by atoms with van der Waals surface area (Å²) in [5.41, 5.74) is 0.896. The number of carbonyl (C=O) groups is 1. The minimum Gasteiger partial charge on any atom is -0.439 e. The van der Waals surface area contributed by atoms with Gasteiger partial charge >= 0.3 is 6.03 Å². The van der Waals surface area contributed by atoms with Crippen molar-refractivity contribution in [3.8, 4) is 22.2 Å². The number of benzene rings is 1. The molecule has 0 saturated carbocycles. The molecule has 0 unspecified atom stereocenters. The van der Waals surface area contributed by atoms with Gasteiger partial charge in [-0.15, -0.1) is 11.3 Å². The fraction of sp³-hybridized carbons (Fsp3) is 0. The van der Waals surface area contributed by atoms with Gasteiger partial charge in [-0.25, -0.2) is 18.6 Å². The van der Waals surface area contributed by atoms with Crippen LogP contribution >= 0.6 is 11.3 Å². The van der Waals surface area contributed by atoms with Gasteiger partial charge in [0.2, 0.25) is 5.88 Å². The van der Waals surface area contributed by atoms with Gasteiger partial charge in [0, 0.05) is 35.5 Å². The van der Waals surface area contributed by atoms with E-state index in [1.54, 1.807) is 29.9 Å². The second kappa shape index (κ2) is 8.62. The number of ether oxygens (including phenoxy) is 1. The summed E-state index contributed by atoms with van der Waals surface area (Å²) in [5, 5.41) is 7.65. The number of pyridine rings is 2. The van der Waals surface area contributed by atoms with Crippen LogP contribution in [-0.4, -0.2) is 21.0 Å². The van der Waals surface area contributed by atoms with E-state index in [2.05, 4.69) is 25.6 Å². The molecule has 0 spiro atoms. The Balaban J connectivity index is 1.39. The van der Waals surface area contributed by atoms with Gasteiger partial charge in [0.25, 0.3) is 0 Å². The van der Waals surface area contributed by atoms with Crippen LogP contribution < -0.4 is 15.4 Å². The Bertz CT molecular complexity index is 1190. The number of thiazole rings is 1. The van der Waals surface area contributed by atoms with Crippen LogP contribution in [0.2, 0.25) is 0 Å². The van der Waals surface area contributed by atoms with Crippen molar-refractivity contribution in [2.24, 2.45) is 0 Å². The van der Waals surface area contributed by atoms with Crippen molar-refractivity contribution >= 4 is 29.0 Å². The molecule has 7 nitrogen and oxygen atoms in total. The number of rotatable bonds is 5.